The Morgan fingerprint density at radius 1 is 1.56 bits per heavy atom. The number of hydrogen-bond acceptors (Lipinski definition) is 5. The molecule has 4 nitrogen and oxygen atoms in total. The Bertz CT molecular complexity index is 364. The van der Waals surface area contributed by atoms with Crippen LogP contribution in [0.5, 0.6) is 0 Å². The Morgan fingerprint density at radius 2 is 2.31 bits per heavy atom. The first-order chi connectivity index (χ1) is 7.61. The molecule has 0 amide bonds. The normalized spacial score (nSPS) is 21.1. The summed E-state index contributed by atoms with van der Waals surface area (Å²) in [6.45, 7) is 4.19. The minimum absolute atomic E-state index is 0.106. The third-order valence-corrected chi connectivity index (χ3v) is 4.39. The number of hydrogen-bond donors (Lipinski definition) is 1. The summed E-state index contributed by atoms with van der Waals surface area (Å²) < 4.78 is 0. The van der Waals surface area contributed by atoms with Crippen molar-refractivity contribution in [3.05, 3.63) is 10.6 Å². The lowest BCUT2D eigenvalue weighted by Gasteiger charge is -2.19. The van der Waals surface area contributed by atoms with Gasteiger partial charge in [0.25, 0.3) is 0 Å². The minimum atomic E-state index is 0.106. The van der Waals surface area contributed by atoms with E-state index >= 15 is 0 Å². The maximum Gasteiger partial charge on any atom is 0.185 e. The van der Waals surface area contributed by atoms with Gasteiger partial charge < -0.3 is 14.9 Å². The molecule has 0 aromatic carbocycles. The largest absolute Gasteiger partial charge is 0.391 e. The van der Waals surface area contributed by atoms with Crippen LogP contribution in [0.4, 0.5) is 5.13 Å². The second-order valence-electron chi connectivity index (χ2n) is 4.52. The first kappa shape index (κ1) is 11.8. The molecule has 90 valence electrons. The Hall–Kier alpha value is -0.650. The van der Waals surface area contributed by atoms with E-state index in [4.69, 9.17) is 5.11 Å². The summed E-state index contributed by atoms with van der Waals surface area (Å²) in [5.41, 5.74) is 0.968. The molecule has 1 aromatic rings. The topological polar surface area (TPSA) is 39.6 Å². The highest BCUT2D eigenvalue weighted by Gasteiger charge is 2.26. The van der Waals surface area contributed by atoms with Crippen molar-refractivity contribution in [2.75, 3.05) is 32.1 Å². The van der Waals surface area contributed by atoms with Gasteiger partial charge >= 0.3 is 0 Å². The number of thiazole rings is 1. The summed E-state index contributed by atoms with van der Waals surface area (Å²) in [5, 5.41) is 10.2. The van der Waals surface area contributed by atoms with E-state index in [1.165, 1.54) is 6.42 Å². The monoisotopic (exact) mass is 241 g/mol. The Kier molecular flexibility index (Phi) is 3.47. The zero-order chi connectivity index (χ0) is 11.7. The zero-order valence-corrected chi connectivity index (χ0v) is 10.9. The van der Waals surface area contributed by atoms with Crippen molar-refractivity contribution in [3.63, 3.8) is 0 Å². The van der Waals surface area contributed by atoms with Crippen molar-refractivity contribution in [2.45, 2.75) is 26.0 Å². The van der Waals surface area contributed by atoms with Gasteiger partial charge in [-0.05, 0) is 27.4 Å². The number of aryl methyl sites for hydroxylation is 1. The quantitative estimate of drug-likeness (QED) is 0.860. The van der Waals surface area contributed by atoms with E-state index in [1.807, 2.05) is 6.92 Å². The molecule has 0 radical (unpaired) electrons. The van der Waals surface area contributed by atoms with Gasteiger partial charge in [-0.2, -0.15) is 0 Å². The molecule has 2 rings (SSSR count). The second-order valence-corrected chi connectivity index (χ2v) is 5.58. The molecule has 2 heterocycles. The van der Waals surface area contributed by atoms with Gasteiger partial charge in [0.15, 0.2) is 5.13 Å². The average Bonchev–Trinajstić information content (AvgIpc) is 2.83. The van der Waals surface area contributed by atoms with Crippen LogP contribution in [0.1, 0.15) is 17.0 Å². The van der Waals surface area contributed by atoms with Crippen molar-refractivity contribution in [1.29, 1.82) is 0 Å². The van der Waals surface area contributed by atoms with Gasteiger partial charge in [-0.25, -0.2) is 4.98 Å². The molecule has 1 aliphatic rings. The predicted molar refractivity (Wildman–Crippen MR) is 67.1 cm³/mol. The summed E-state index contributed by atoms with van der Waals surface area (Å²) in [4.78, 5) is 10.1. The molecule has 5 heteroatoms. The number of anilines is 1. The predicted octanol–water partition coefficient (Wildman–Crippen LogP) is 1.08. The zero-order valence-electron chi connectivity index (χ0n) is 10.1. The third-order valence-electron chi connectivity index (χ3n) is 3.19. The molecule has 16 heavy (non-hydrogen) atoms. The number of aromatic nitrogens is 1. The van der Waals surface area contributed by atoms with Gasteiger partial charge in [0.05, 0.1) is 17.2 Å². The first-order valence-electron chi connectivity index (χ1n) is 5.60. The van der Waals surface area contributed by atoms with E-state index in [0.29, 0.717) is 6.04 Å². The number of nitrogens with zero attached hydrogens (tertiary/aromatic N) is 3. The van der Waals surface area contributed by atoms with Crippen LogP contribution in [0.15, 0.2) is 0 Å². The molecule has 1 aromatic heterocycles. The number of rotatable bonds is 3. The van der Waals surface area contributed by atoms with Crippen LogP contribution in [0, 0.1) is 6.92 Å². The highest BCUT2D eigenvalue weighted by Crippen LogP contribution is 2.29. The molecule has 1 fully saturated rings. The van der Waals surface area contributed by atoms with Crippen LogP contribution in [-0.4, -0.2) is 48.2 Å². The molecule has 0 bridgehead atoms. The van der Waals surface area contributed by atoms with E-state index in [0.717, 1.165) is 28.8 Å². The molecule has 0 saturated carbocycles. The summed E-state index contributed by atoms with van der Waals surface area (Å²) in [6, 6.07) is 0.627. The molecule has 1 atom stereocenters. The lowest BCUT2D eigenvalue weighted by Crippen LogP contribution is -2.31. The lowest BCUT2D eigenvalue weighted by molar-refractivity contribution is 0.284. The lowest BCUT2D eigenvalue weighted by atomic mass is 10.2. The second kappa shape index (κ2) is 4.69. The molecule has 1 aliphatic heterocycles. The fourth-order valence-corrected chi connectivity index (χ4v) is 2.99. The molecular weight excluding hydrogens is 222 g/mol. The Labute approximate surface area is 101 Å². The van der Waals surface area contributed by atoms with Gasteiger partial charge in [-0.15, -0.1) is 0 Å². The Morgan fingerprint density at radius 3 is 2.81 bits per heavy atom. The summed E-state index contributed by atoms with van der Waals surface area (Å²) in [5.74, 6) is 0. The van der Waals surface area contributed by atoms with Crippen LogP contribution in [0.2, 0.25) is 0 Å². The number of likely N-dealkylation sites (N-methyl/N-ethyl adjacent to an activating group) is 1. The summed E-state index contributed by atoms with van der Waals surface area (Å²) in [7, 11) is 4.25. The Balaban J connectivity index is 2.08. The molecule has 1 saturated heterocycles. The number of aliphatic hydroxyl groups excluding tert-OH is 1. The summed E-state index contributed by atoms with van der Waals surface area (Å²) >= 11 is 1.62. The van der Waals surface area contributed by atoms with Crippen LogP contribution in [0.3, 0.4) is 0 Å². The van der Waals surface area contributed by atoms with E-state index in [1.54, 1.807) is 11.3 Å². The van der Waals surface area contributed by atoms with Gasteiger partial charge in [0.2, 0.25) is 0 Å². The van der Waals surface area contributed by atoms with Crippen LogP contribution in [-0.2, 0) is 6.61 Å². The maximum atomic E-state index is 9.16. The van der Waals surface area contributed by atoms with E-state index in [-0.39, 0.29) is 6.61 Å². The van der Waals surface area contributed by atoms with Crippen LogP contribution >= 0.6 is 11.3 Å². The summed E-state index contributed by atoms with van der Waals surface area (Å²) in [6.07, 6.45) is 1.19. The number of aliphatic hydroxyl groups is 1. The molecule has 1 unspecified atom stereocenters. The highest BCUT2D eigenvalue weighted by atomic mass is 32.1. The standard InChI is InChI=1S/C11H19N3OS/c1-8-10(7-15)16-11(12-8)14-5-4-9(6-14)13(2)3/h9,15H,4-7H2,1-3H3. The van der Waals surface area contributed by atoms with Crippen LogP contribution in [0.25, 0.3) is 0 Å². The maximum absolute atomic E-state index is 9.16. The van der Waals surface area contributed by atoms with Crippen molar-refractivity contribution in [1.82, 2.24) is 9.88 Å². The van der Waals surface area contributed by atoms with Crippen molar-refractivity contribution in [3.8, 4) is 0 Å². The fourth-order valence-electron chi connectivity index (χ4n) is 2.03. The minimum Gasteiger partial charge on any atom is -0.391 e. The van der Waals surface area contributed by atoms with Crippen molar-refractivity contribution >= 4 is 16.5 Å². The third kappa shape index (κ3) is 2.21. The van der Waals surface area contributed by atoms with Gasteiger partial charge in [0, 0.05) is 19.1 Å². The highest BCUT2D eigenvalue weighted by molar-refractivity contribution is 7.15. The van der Waals surface area contributed by atoms with Crippen molar-refractivity contribution < 1.29 is 5.11 Å². The average molecular weight is 241 g/mol. The van der Waals surface area contributed by atoms with E-state index < -0.39 is 0 Å². The molecule has 1 N–H and O–H groups in total. The van der Waals surface area contributed by atoms with Crippen molar-refractivity contribution in [2.24, 2.45) is 0 Å². The van der Waals surface area contributed by atoms with Gasteiger partial charge in [-0.3, -0.25) is 0 Å². The van der Waals surface area contributed by atoms with Gasteiger partial charge in [-0.1, -0.05) is 11.3 Å². The fraction of sp³-hybridized carbons (Fsp3) is 0.727. The first-order valence-corrected chi connectivity index (χ1v) is 6.42. The smallest absolute Gasteiger partial charge is 0.185 e. The van der Waals surface area contributed by atoms with E-state index in [9.17, 15) is 0 Å². The molecular formula is C11H19N3OS. The SMILES string of the molecule is Cc1nc(N2CCC(N(C)C)C2)sc1CO. The van der Waals surface area contributed by atoms with Crippen LogP contribution < -0.4 is 4.90 Å². The van der Waals surface area contributed by atoms with E-state index in [2.05, 4.69) is 28.9 Å². The molecule has 0 spiro atoms. The van der Waals surface area contributed by atoms with Gasteiger partial charge in [0.1, 0.15) is 0 Å². The molecule has 0 aliphatic carbocycles.